The maximum atomic E-state index is 13.1. The van der Waals surface area contributed by atoms with Gasteiger partial charge in [0, 0.05) is 50.6 Å². The van der Waals surface area contributed by atoms with Gasteiger partial charge in [0.25, 0.3) is 0 Å². The van der Waals surface area contributed by atoms with E-state index in [1.54, 1.807) is 11.3 Å². The van der Waals surface area contributed by atoms with E-state index >= 15 is 0 Å². The maximum Gasteiger partial charge on any atom is 0.240 e. The predicted octanol–water partition coefficient (Wildman–Crippen LogP) is 4.11. The van der Waals surface area contributed by atoms with E-state index in [4.69, 9.17) is 0 Å². The molecule has 4 aromatic rings. The van der Waals surface area contributed by atoms with Crippen LogP contribution in [0.2, 0.25) is 0 Å². The number of hydrogen-bond donors (Lipinski definition) is 3. The zero-order valence-electron chi connectivity index (χ0n) is 21.0. The van der Waals surface area contributed by atoms with Gasteiger partial charge in [-0.05, 0) is 73.4 Å². The molecule has 1 fully saturated rings. The summed E-state index contributed by atoms with van der Waals surface area (Å²) in [7, 11) is -1.54. The SMILES string of the molecule is CN1CCN(c2ccc(Nc3nc(NCCCNS(=O)(=O)c4ccc(F)cc4)c4sccc4n3)cc2)CC1. The Kier molecular flexibility index (Phi) is 8.03. The molecule has 1 aliphatic heterocycles. The monoisotopic (exact) mass is 555 g/mol. The van der Waals surface area contributed by atoms with Gasteiger partial charge in [-0.15, -0.1) is 11.3 Å². The van der Waals surface area contributed by atoms with E-state index in [2.05, 4.69) is 54.3 Å². The van der Waals surface area contributed by atoms with E-state index in [1.807, 2.05) is 23.6 Å². The lowest BCUT2D eigenvalue weighted by Gasteiger charge is -2.34. The Morgan fingerprint density at radius 3 is 2.42 bits per heavy atom. The Bertz CT molecular complexity index is 1470. The second-order valence-electron chi connectivity index (χ2n) is 9.13. The largest absolute Gasteiger partial charge is 0.369 e. The molecule has 0 unspecified atom stereocenters. The molecule has 0 saturated carbocycles. The van der Waals surface area contributed by atoms with Crippen LogP contribution in [-0.2, 0) is 10.0 Å². The average Bonchev–Trinajstić information content (AvgIpc) is 3.39. The molecule has 0 amide bonds. The number of halogens is 1. The van der Waals surface area contributed by atoms with Crippen LogP contribution in [0.3, 0.4) is 0 Å². The van der Waals surface area contributed by atoms with E-state index in [0.29, 0.717) is 24.7 Å². The van der Waals surface area contributed by atoms with Gasteiger partial charge in [0.2, 0.25) is 16.0 Å². The lowest BCUT2D eigenvalue weighted by molar-refractivity contribution is 0.313. The molecule has 5 rings (SSSR count). The summed E-state index contributed by atoms with van der Waals surface area (Å²) >= 11 is 1.55. The highest BCUT2D eigenvalue weighted by Gasteiger charge is 2.15. The summed E-state index contributed by atoms with van der Waals surface area (Å²) in [5.41, 5.74) is 2.94. The number of hydrogen-bond acceptors (Lipinski definition) is 9. The highest BCUT2D eigenvalue weighted by molar-refractivity contribution is 7.89. The van der Waals surface area contributed by atoms with Gasteiger partial charge in [0.05, 0.1) is 15.1 Å². The highest BCUT2D eigenvalue weighted by Crippen LogP contribution is 2.29. The van der Waals surface area contributed by atoms with Crippen molar-refractivity contribution in [1.29, 1.82) is 0 Å². The van der Waals surface area contributed by atoms with Crippen LogP contribution in [0.1, 0.15) is 6.42 Å². The molecule has 1 aliphatic rings. The second kappa shape index (κ2) is 11.6. The second-order valence-corrected chi connectivity index (χ2v) is 11.8. The molecule has 0 aliphatic carbocycles. The molecule has 2 aromatic heterocycles. The number of anilines is 4. The smallest absolute Gasteiger partial charge is 0.240 e. The van der Waals surface area contributed by atoms with Gasteiger partial charge in [0.1, 0.15) is 11.6 Å². The molecule has 9 nitrogen and oxygen atoms in total. The molecule has 2 aromatic carbocycles. The number of nitrogens with one attached hydrogen (secondary N) is 3. The number of sulfonamides is 1. The van der Waals surface area contributed by atoms with Gasteiger partial charge in [-0.3, -0.25) is 0 Å². The molecular formula is C26H30FN7O2S2. The molecule has 1 saturated heterocycles. The first-order valence-electron chi connectivity index (χ1n) is 12.4. The van der Waals surface area contributed by atoms with Crippen LogP contribution in [0.25, 0.3) is 10.2 Å². The Morgan fingerprint density at radius 1 is 0.947 bits per heavy atom. The van der Waals surface area contributed by atoms with Gasteiger partial charge >= 0.3 is 0 Å². The highest BCUT2D eigenvalue weighted by atomic mass is 32.2. The van der Waals surface area contributed by atoms with Crippen LogP contribution < -0.4 is 20.3 Å². The van der Waals surface area contributed by atoms with E-state index in [0.717, 1.165) is 54.2 Å². The molecular weight excluding hydrogens is 525 g/mol. The predicted molar refractivity (Wildman–Crippen MR) is 152 cm³/mol. The Morgan fingerprint density at radius 2 is 1.68 bits per heavy atom. The third-order valence-corrected chi connectivity index (χ3v) is 8.74. The average molecular weight is 556 g/mol. The normalized spacial score (nSPS) is 14.6. The Hall–Kier alpha value is -3.32. The zero-order valence-corrected chi connectivity index (χ0v) is 22.7. The minimum absolute atomic E-state index is 0.0373. The number of rotatable bonds is 10. The zero-order chi connectivity index (χ0) is 26.5. The molecule has 0 atom stereocenters. The van der Waals surface area contributed by atoms with Crippen LogP contribution in [0.4, 0.5) is 27.5 Å². The first-order valence-corrected chi connectivity index (χ1v) is 14.8. The van der Waals surface area contributed by atoms with Gasteiger partial charge < -0.3 is 20.4 Å². The van der Waals surface area contributed by atoms with Crippen molar-refractivity contribution in [3.05, 3.63) is 65.8 Å². The van der Waals surface area contributed by atoms with Crippen molar-refractivity contribution in [3.63, 3.8) is 0 Å². The number of benzene rings is 2. The quantitative estimate of drug-likeness (QED) is 0.251. The van der Waals surface area contributed by atoms with Crippen LogP contribution in [-0.4, -0.2) is 69.6 Å². The van der Waals surface area contributed by atoms with Crippen molar-refractivity contribution in [2.24, 2.45) is 0 Å². The van der Waals surface area contributed by atoms with Crippen LogP contribution >= 0.6 is 11.3 Å². The fourth-order valence-corrected chi connectivity index (χ4v) is 6.06. The molecule has 3 heterocycles. The Labute approximate surface area is 225 Å². The summed E-state index contributed by atoms with van der Waals surface area (Å²) in [5, 5.41) is 8.59. The van der Waals surface area contributed by atoms with Gasteiger partial charge in [-0.1, -0.05) is 0 Å². The number of fused-ring (bicyclic) bond motifs is 1. The fraction of sp³-hybridized carbons (Fsp3) is 0.308. The van der Waals surface area contributed by atoms with Crippen molar-refractivity contribution >= 4 is 54.7 Å². The van der Waals surface area contributed by atoms with Crippen molar-refractivity contribution in [3.8, 4) is 0 Å². The summed E-state index contributed by atoms with van der Waals surface area (Å²) in [6, 6.07) is 15.0. The summed E-state index contributed by atoms with van der Waals surface area (Å²) in [4.78, 5) is 14.1. The van der Waals surface area contributed by atoms with E-state index in [-0.39, 0.29) is 11.4 Å². The summed E-state index contributed by atoms with van der Waals surface area (Å²) in [6.07, 6.45) is 0.536. The third kappa shape index (κ3) is 6.38. The van der Waals surface area contributed by atoms with Gasteiger partial charge in [-0.25, -0.2) is 22.5 Å². The maximum absolute atomic E-state index is 13.1. The van der Waals surface area contributed by atoms with Crippen molar-refractivity contribution in [2.45, 2.75) is 11.3 Å². The molecule has 0 radical (unpaired) electrons. The number of nitrogens with zero attached hydrogens (tertiary/aromatic N) is 4. The third-order valence-electron chi connectivity index (χ3n) is 6.36. The lowest BCUT2D eigenvalue weighted by atomic mass is 10.2. The molecule has 12 heteroatoms. The molecule has 200 valence electrons. The van der Waals surface area contributed by atoms with Crippen molar-refractivity contribution in [2.75, 3.05) is 61.8 Å². The van der Waals surface area contributed by atoms with Gasteiger partial charge in [0.15, 0.2) is 0 Å². The van der Waals surface area contributed by atoms with Crippen LogP contribution in [0.5, 0.6) is 0 Å². The summed E-state index contributed by atoms with van der Waals surface area (Å²) < 4.78 is 41.3. The topological polar surface area (TPSA) is 102 Å². The summed E-state index contributed by atoms with van der Waals surface area (Å²) in [6.45, 7) is 4.90. The number of thiophene rings is 1. The number of likely N-dealkylation sites (N-methyl/N-ethyl adjacent to an activating group) is 1. The van der Waals surface area contributed by atoms with E-state index < -0.39 is 15.8 Å². The standard InChI is InChI=1S/C26H30FN7O2S2/c1-33-14-16-34(17-15-33)21-7-5-20(6-8-21)30-26-31-23-11-18-37-24(23)25(32-26)28-12-2-13-29-38(35,36)22-9-3-19(27)4-10-22/h3-11,18,29H,2,12-17H2,1H3,(H2,28,30,31,32). The van der Waals surface area contributed by atoms with Crippen LogP contribution in [0, 0.1) is 5.82 Å². The molecule has 3 N–H and O–H groups in total. The van der Waals surface area contributed by atoms with Crippen LogP contribution in [0.15, 0.2) is 64.9 Å². The van der Waals surface area contributed by atoms with Gasteiger partial charge in [-0.2, -0.15) is 4.98 Å². The summed E-state index contributed by atoms with van der Waals surface area (Å²) in [5.74, 6) is 0.708. The molecule has 38 heavy (non-hydrogen) atoms. The molecule has 0 spiro atoms. The van der Waals surface area contributed by atoms with Crippen molar-refractivity contribution in [1.82, 2.24) is 19.6 Å². The molecule has 0 bridgehead atoms. The van der Waals surface area contributed by atoms with Crippen molar-refractivity contribution < 1.29 is 12.8 Å². The minimum atomic E-state index is -3.69. The van der Waals surface area contributed by atoms with E-state index in [9.17, 15) is 12.8 Å². The minimum Gasteiger partial charge on any atom is -0.369 e. The number of aromatic nitrogens is 2. The first kappa shape index (κ1) is 26.3. The Balaban J connectivity index is 1.18. The number of piperazine rings is 1. The fourth-order valence-electron chi connectivity index (χ4n) is 4.19. The lowest BCUT2D eigenvalue weighted by Crippen LogP contribution is -2.44. The van der Waals surface area contributed by atoms with E-state index in [1.165, 1.54) is 17.8 Å². The first-order chi connectivity index (χ1) is 18.4.